The third-order valence-corrected chi connectivity index (χ3v) is 5.76. The summed E-state index contributed by atoms with van der Waals surface area (Å²) >= 11 is 1.72. The molecule has 0 unspecified atom stereocenters. The molecule has 0 aliphatic carbocycles. The lowest BCUT2D eigenvalue weighted by Crippen LogP contribution is -2.87. The Bertz CT molecular complexity index is 876. The van der Waals surface area contributed by atoms with Gasteiger partial charge in [-0.05, 0) is 29.5 Å². The first kappa shape index (κ1) is 20.1. The Kier molecular flexibility index (Phi) is 7.23. The summed E-state index contributed by atoms with van der Waals surface area (Å²) < 4.78 is 5.34. The molecule has 1 atom stereocenters. The van der Waals surface area contributed by atoms with Crippen LogP contribution in [0.1, 0.15) is 34.5 Å². The standard InChI is InChI=1S/C23H26N2O2S/c1-3-17-10-12-18(13-11-17)23(21-9-6-14-28-21)25-16-22(26)24-15-19-7-4-5-8-20(19)27-2/h4-14,23,25H,3,15-16H2,1-2H3,(H,24,26)/p+1/t23-/m0/s1. The van der Waals surface area contributed by atoms with Crippen LogP contribution in [0.5, 0.6) is 5.75 Å². The Morgan fingerprint density at radius 1 is 1.11 bits per heavy atom. The zero-order valence-electron chi connectivity index (χ0n) is 16.4. The number of para-hydroxylation sites is 1. The average Bonchev–Trinajstić information content (AvgIpc) is 3.27. The third-order valence-electron chi connectivity index (χ3n) is 4.80. The van der Waals surface area contributed by atoms with Crippen LogP contribution in [0.3, 0.4) is 0 Å². The van der Waals surface area contributed by atoms with Gasteiger partial charge in [-0.25, -0.2) is 0 Å². The number of hydrogen-bond acceptors (Lipinski definition) is 3. The highest BCUT2D eigenvalue weighted by Crippen LogP contribution is 2.23. The van der Waals surface area contributed by atoms with E-state index < -0.39 is 0 Å². The zero-order chi connectivity index (χ0) is 19.8. The highest BCUT2D eigenvalue weighted by molar-refractivity contribution is 7.10. The van der Waals surface area contributed by atoms with Gasteiger partial charge >= 0.3 is 0 Å². The Hall–Kier alpha value is -2.63. The SMILES string of the molecule is CCc1ccc([C@H]([NH2+]CC(=O)NCc2ccccc2OC)c2cccs2)cc1. The van der Waals surface area contributed by atoms with Crippen LogP contribution in [-0.2, 0) is 17.8 Å². The van der Waals surface area contributed by atoms with Crippen LogP contribution in [0.15, 0.2) is 66.0 Å². The van der Waals surface area contributed by atoms with Crippen LogP contribution in [0.25, 0.3) is 0 Å². The average molecular weight is 396 g/mol. The maximum absolute atomic E-state index is 12.4. The van der Waals surface area contributed by atoms with E-state index in [1.165, 1.54) is 16.0 Å². The molecule has 3 aromatic rings. The van der Waals surface area contributed by atoms with Crippen molar-refractivity contribution in [2.75, 3.05) is 13.7 Å². The molecule has 1 aromatic heterocycles. The molecular formula is C23H27N2O2S+. The van der Waals surface area contributed by atoms with Crippen molar-refractivity contribution >= 4 is 17.2 Å². The molecule has 28 heavy (non-hydrogen) atoms. The van der Waals surface area contributed by atoms with Crippen LogP contribution in [0, 0.1) is 0 Å². The number of thiophene rings is 1. The maximum Gasteiger partial charge on any atom is 0.275 e. The summed E-state index contributed by atoms with van der Waals surface area (Å²) in [5.74, 6) is 0.803. The van der Waals surface area contributed by atoms with Gasteiger partial charge in [-0.15, -0.1) is 11.3 Å². The summed E-state index contributed by atoms with van der Waals surface area (Å²) in [4.78, 5) is 13.7. The number of nitrogens with one attached hydrogen (secondary N) is 1. The number of hydrogen-bond donors (Lipinski definition) is 2. The molecule has 1 amide bonds. The van der Waals surface area contributed by atoms with E-state index in [1.54, 1.807) is 18.4 Å². The lowest BCUT2D eigenvalue weighted by atomic mass is 10.0. The number of ether oxygens (including phenoxy) is 1. The van der Waals surface area contributed by atoms with Crippen molar-refractivity contribution in [3.8, 4) is 5.75 Å². The number of methoxy groups -OCH3 is 1. The summed E-state index contributed by atoms with van der Waals surface area (Å²) in [7, 11) is 1.64. The summed E-state index contributed by atoms with van der Waals surface area (Å²) in [5.41, 5.74) is 3.52. The van der Waals surface area contributed by atoms with Crippen LogP contribution in [0.2, 0.25) is 0 Å². The van der Waals surface area contributed by atoms with E-state index in [2.05, 4.69) is 59.3 Å². The quantitative estimate of drug-likeness (QED) is 0.584. The Labute approximate surface area is 170 Å². The molecule has 0 aliphatic heterocycles. The van der Waals surface area contributed by atoms with Gasteiger partial charge in [0.1, 0.15) is 11.8 Å². The van der Waals surface area contributed by atoms with Gasteiger partial charge in [0, 0.05) is 17.7 Å². The topological polar surface area (TPSA) is 54.9 Å². The minimum Gasteiger partial charge on any atom is -0.496 e. The van der Waals surface area contributed by atoms with Gasteiger partial charge < -0.3 is 15.4 Å². The smallest absolute Gasteiger partial charge is 0.275 e. The largest absolute Gasteiger partial charge is 0.496 e. The number of nitrogens with two attached hydrogens (primary N) is 1. The van der Waals surface area contributed by atoms with Gasteiger partial charge in [0.05, 0.1) is 12.0 Å². The van der Waals surface area contributed by atoms with Crippen LogP contribution in [-0.4, -0.2) is 19.6 Å². The Morgan fingerprint density at radius 3 is 2.57 bits per heavy atom. The summed E-state index contributed by atoms with van der Waals surface area (Å²) in [5, 5.41) is 7.18. The molecule has 3 rings (SSSR count). The third kappa shape index (κ3) is 5.21. The second kappa shape index (κ2) is 10.1. The van der Waals surface area contributed by atoms with E-state index in [0.29, 0.717) is 13.1 Å². The number of rotatable bonds is 9. The van der Waals surface area contributed by atoms with Gasteiger partial charge in [0.2, 0.25) is 0 Å². The van der Waals surface area contributed by atoms with Crippen molar-refractivity contribution in [1.29, 1.82) is 0 Å². The molecule has 0 aliphatic rings. The first-order valence-corrected chi connectivity index (χ1v) is 10.4. The van der Waals surface area contributed by atoms with Crippen LogP contribution < -0.4 is 15.4 Å². The van der Waals surface area contributed by atoms with Gasteiger partial charge in [-0.2, -0.15) is 0 Å². The zero-order valence-corrected chi connectivity index (χ0v) is 17.2. The van der Waals surface area contributed by atoms with Crippen molar-refractivity contribution in [3.63, 3.8) is 0 Å². The molecular weight excluding hydrogens is 368 g/mol. The number of amides is 1. The van der Waals surface area contributed by atoms with Crippen molar-refractivity contribution in [1.82, 2.24) is 5.32 Å². The first-order valence-electron chi connectivity index (χ1n) is 9.55. The predicted molar refractivity (Wildman–Crippen MR) is 114 cm³/mol. The molecule has 4 nitrogen and oxygen atoms in total. The second-order valence-electron chi connectivity index (χ2n) is 6.62. The number of benzene rings is 2. The van der Waals surface area contributed by atoms with Crippen molar-refractivity contribution in [3.05, 3.63) is 87.6 Å². The first-order chi connectivity index (χ1) is 13.7. The molecule has 0 radical (unpaired) electrons. The number of aryl methyl sites for hydroxylation is 1. The van der Waals surface area contributed by atoms with Gasteiger partial charge in [0.15, 0.2) is 6.54 Å². The molecule has 0 saturated carbocycles. The van der Waals surface area contributed by atoms with Crippen molar-refractivity contribution in [2.24, 2.45) is 0 Å². The molecule has 0 fully saturated rings. The molecule has 5 heteroatoms. The lowest BCUT2D eigenvalue weighted by Gasteiger charge is -2.15. The fourth-order valence-electron chi connectivity index (χ4n) is 3.19. The van der Waals surface area contributed by atoms with E-state index >= 15 is 0 Å². The minimum atomic E-state index is 0.0117. The number of quaternary nitrogens is 1. The fraction of sp³-hybridized carbons (Fsp3) is 0.261. The normalized spacial score (nSPS) is 11.8. The van der Waals surface area contributed by atoms with Gasteiger partial charge in [-0.1, -0.05) is 55.5 Å². The Morgan fingerprint density at radius 2 is 1.89 bits per heavy atom. The molecule has 0 bridgehead atoms. The van der Waals surface area contributed by atoms with E-state index in [-0.39, 0.29) is 11.9 Å². The van der Waals surface area contributed by atoms with Crippen LogP contribution in [0.4, 0.5) is 0 Å². The molecule has 2 aromatic carbocycles. The van der Waals surface area contributed by atoms with E-state index in [1.807, 2.05) is 24.3 Å². The number of carbonyl (C=O) groups excluding carboxylic acids is 1. The van der Waals surface area contributed by atoms with Crippen LogP contribution >= 0.6 is 11.3 Å². The summed E-state index contributed by atoms with van der Waals surface area (Å²) in [6.45, 7) is 2.99. The molecule has 0 saturated heterocycles. The summed E-state index contributed by atoms with van der Waals surface area (Å²) in [6.07, 6.45) is 1.03. The minimum absolute atomic E-state index is 0.0117. The molecule has 146 valence electrons. The summed E-state index contributed by atoms with van der Waals surface area (Å²) in [6, 6.07) is 20.7. The highest BCUT2D eigenvalue weighted by atomic mass is 32.1. The lowest BCUT2D eigenvalue weighted by molar-refractivity contribution is -0.676. The fourth-order valence-corrected chi connectivity index (χ4v) is 4.04. The maximum atomic E-state index is 12.4. The molecule has 3 N–H and O–H groups in total. The Balaban J connectivity index is 1.62. The van der Waals surface area contributed by atoms with E-state index in [0.717, 1.165) is 17.7 Å². The van der Waals surface area contributed by atoms with Crippen molar-refractivity contribution < 1.29 is 14.8 Å². The van der Waals surface area contributed by atoms with Gasteiger partial charge in [-0.3, -0.25) is 4.79 Å². The highest BCUT2D eigenvalue weighted by Gasteiger charge is 2.20. The monoisotopic (exact) mass is 395 g/mol. The molecule has 0 spiro atoms. The number of carbonyl (C=O) groups is 1. The van der Waals surface area contributed by atoms with Crippen molar-refractivity contribution in [2.45, 2.75) is 25.9 Å². The molecule has 1 heterocycles. The second-order valence-corrected chi connectivity index (χ2v) is 7.60. The van der Waals surface area contributed by atoms with E-state index in [9.17, 15) is 4.79 Å². The van der Waals surface area contributed by atoms with Gasteiger partial charge in [0.25, 0.3) is 5.91 Å². The predicted octanol–water partition coefficient (Wildman–Crippen LogP) is 3.29. The van der Waals surface area contributed by atoms with E-state index in [4.69, 9.17) is 4.74 Å².